The molecule has 0 radical (unpaired) electrons. The van der Waals surface area contributed by atoms with Crippen LogP contribution in [-0.2, 0) is 0 Å². The maximum absolute atomic E-state index is 13.3. The number of halogens is 2. The molecule has 0 heterocycles. The van der Waals surface area contributed by atoms with Gasteiger partial charge in [0.2, 0.25) is 0 Å². The van der Waals surface area contributed by atoms with Crippen LogP contribution >= 0.6 is 11.6 Å². The SMILES string of the molecule is C=C(CC)CNc1cccc(Cl)c1F. The van der Waals surface area contributed by atoms with Crippen molar-refractivity contribution in [3.8, 4) is 0 Å². The van der Waals surface area contributed by atoms with Crippen LogP contribution in [0.25, 0.3) is 0 Å². The fourth-order valence-corrected chi connectivity index (χ4v) is 1.16. The van der Waals surface area contributed by atoms with Crippen molar-refractivity contribution < 1.29 is 4.39 Å². The molecule has 3 heteroatoms. The summed E-state index contributed by atoms with van der Waals surface area (Å²) in [5.74, 6) is -0.405. The van der Waals surface area contributed by atoms with Crippen LogP contribution in [-0.4, -0.2) is 6.54 Å². The zero-order valence-corrected chi connectivity index (χ0v) is 8.87. The molecule has 76 valence electrons. The Balaban J connectivity index is 2.68. The van der Waals surface area contributed by atoms with Crippen molar-refractivity contribution in [3.63, 3.8) is 0 Å². The van der Waals surface area contributed by atoms with Gasteiger partial charge in [0, 0.05) is 6.54 Å². The molecule has 0 aliphatic carbocycles. The highest BCUT2D eigenvalue weighted by Gasteiger charge is 2.04. The van der Waals surface area contributed by atoms with Gasteiger partial charge >= 0.3 is 0 Å². The van der Waals surface area contributed by atoms with Crippen LogP contribution < -0.4 is 5.32 Å². The summed E-state index contributed by atoms with van der Waals surface area (Å²) < 4.78 is 13.3. The molecule has 0 aliphatic rings. The lowest BCUT2D eigenvalue weighted by atomic mass is 10.2. The summed E-state index contributed by atoms with van der Waals surface area (Å²) in [6.07, 6.45) is 0.884. The van der Waals surface area contributed by atoms with Crippen LogP contribution in [0.4, 0.5) is 10.1 Å². The minimum absolute atomic E-state index is 0.136. The van der Waals surface area contributed by atoms with Crippen molar-refractivity contribution >= 4 is 17.3 Å². The molecule has 1 aromatic rings. The van der Waals surface area contributed by atoms with Crippen LogP contribution in [0.5, 0.6) is 0 Å². The van der Waals surface area contributed by atoms with E-state index in [1.165, 1.54) is 6.07 Å². The Hall–Kier alpha value is -1.02. The Morgan fingerprint density at radius 3 is 2.93 bits per heavy atom. The first-order valence-electron chi connectivity index (χ1n) is 4.49. The molecule has 0 fully saturated rings. The number of hydrogen-bond donors (Lipinski definition) is 1. The third kappa shape index (κ3) is 2.74. The Labute approximate surface area is 88.6 Å². The average Bonchev–Trinajstić information content (AvgIpc) is 2.20. The van der Waals surface area contributed by atoms with E-state index >= 15 is 0 Å². The largest absolute Gasteiger partial charge is 0.379 e. The van der Waals surface area contributed by atoms with Crippen molar-refractivity contribution in [2.24, 2.45) is 0 Å². The van der Waals surface area contributed by atoms with E-state index in [1.807, 2.05) is 6.92 Å². The minimum atomic E-state index is -0.405. The van der Waals surface area contributed by atoms with E-state index < -0.39 is 5.82 Å². The van der Waals surface area contributed by atoms with Crippen LogP contribution in [0.15, 0.2) is 30.4 Å². The molecule has 0 saturated heterocycles. The fraction of sp³-hybridized carbons (Fsp3) is 0.273. The van der Waals surface area contributed by atoms with Crippen molar-refractivity contribution in [1.82, 2.24) is 0 Å². The Bertz CT molecular complexity index is 336. The van der Waals surface area contributed by atoms with Gasteiger partial charge in [-0.05, 0) is 18.6 Å². The third-order valence-electron chi connectivity index (χ3n) is 1.98. The first-order valence-corrected chi connectivity index (χ1v) is 4.87. The molecule has 1 nitrogen and oxygen atoms in total. The van der Waals surface area contributed by atoms with Crippen LogP contribution in [0.2, 0.25) is 5.02 Å². The molecular weight excluding hydrogens is 201 g/mol. The van der Waals surface area contributed by atoms with E-state index in [9.17, 15) is 4.39 Å². The molecule has 0 amide bonds. The maximum atomic E-state index is 13.3. The number of nitrogens with one attached hydrogen (secondary N) is 1. The predicted molar refractivity (Wildman–Crippen MR) is 59.3 cm³/mol. The fourth-order valence-electron chi connectivity index (χ4n) is 0.986. The van der Waals surface area contributed by atoms with Gasteiger partial charge in [-0.3, -0.25) is 0 Å². The Kier molecular flexibility index (Phi) is 3.96. The molecule has 1 aromatic carbocycles. The highest BCUT2D eigenvalue weighted by molar-refractivity contribution is 6.31. The molecule has 0 spiro atoms. The first kappa shape index (κ1) is 11.1. The van der Waals surface area contributed by atoms with E-state index in [1.54, 1.807) is 12.1 Å². The smallest absolute Gasteiger partial charge is 0.164 e. The lowest BCUT2D eigenvalue weighted by Gasteiger charge is -2.08. The average molecular weight is 214 g/mol. The van der Waals surface area contributed by atoms with Crippen molar-refractivity contribution in [2.75, 3.05) is 11.9 Å². The minimum Gasteiger partial charge on any atom is -0.379 e. The molecule has 0 saturated carbocycles. The van der Waals surface area contributed by atoms with E-state index in [-0.39, 0.29) is 5.02 Å². The molecule has 0 atom stereocenters. The summed E-state index contributed by atoms with van der Waals surface area (Å²) in [5.41, 5.74) is 1.46. The number of rotatable bonds is 4. The standard InChI is InChI=1S/C11H13ClFN/c1-3-8(2)7-14-10-6-4-5-9(12)11(10)13/h4-6,14H,2-3,7H2,1H3. The summed E-state index contributed by atoms with van der Waals surface area (Å²) >= 11 is 5.63. The van der Waals surface area contributed by atoms with Crippen molar-refractivity contribution in [3.05, 3.63) is 41.2 Å². The zero-order chi connectivity index (χ0) is 10.6. The lowest BCUT2D eigenvalue weighted by molar-refractivity contribution is 0.631. The molecule has 0 bridgehead atoms. The second-order valence-corrected chi connectivity index (χ2v) is 3.47. The monoisotopic (exact) mass is 213 g/mol. The van der Waals surface area contributed by atoms with Crippen LogP contribution in [0, 0.1) is 5.82 Å². The number of hydrogen-bond acceptors (Lipinski definition) is 1. The van der Waals surface area contributed by atoms with Crippen LogP contribution in [0.3, 0.4) is 0 Å². The van der Waals surface area contributed by atoms with Gasteiger partial charge < -0.3 is 5.32 Å². The van der Waals surface area contributed by atoms with Gasteiger partial charge in [0.1, 0.15) is 0 Å². The molecule has 0 aromatic heterocycles. The van der Waals surface area contributed by atoms with Gasteiger partial charge in [0.25, 0.3) is 0 Å². The van der Waals surface area contributed by atoms with E-state index in [2.05, 4.69) is 11.9 Å². The van der Waals surface area contributed by atoms with E-state index in [0.29, 0.717) is 12.2 Å². The van der Waals surface area contributed by atoms with E-state index in [0.717, 1.165) is 12.0 Å². The normalized spacial score (nSPS) is 9.93. The summed E-state index contributed by atoms with van der Waals surface area (Å²) in [6.45, 7) is 6.41. The number of anilines is 1. The lowest BCUT2D eigenvalue weighted by Crippen LogP contribution is -2.05. The molecule has 14 heavy (non-hydrogen) atoms. The van der Waals surface area contributed by atoms with Crippen LogP contribution in [0.1, 0.15) is 13.3 Å². The zero-order valence-electron chi connectivity index (χ0n) is 8.11. The molecular formula is C11H13ClFN. The molecule has 0 aliphatic heterocycles. The van der Waals surface area contributed by atoms with Gasteiger partial charge in [-0.15, -0.1) is 0 Å². The Morgan fingerprint density at radius 2 is 2.29 bits per heavy atom. The quantitative estimate of drug-likeness (QED) is 0.749. The molecule has 0 unspecified atom stereocenters. The highest BCUT2D eigenvalue weighted by atomic mass is 35.5. The van der Waals surface area contributed by atoms with E-state index in [4.69, 9.17) is 11.6 Å². The van der Waals surface area contributed by atoms with Gasteiger partial charge in [0.15, 0.2) is 5.82 Å². The first-order chi connectivity index (χ1) is 6.65. The van der Waals surface area contributed by atoms with Gasteiger partial charge in [-0.1, -0.05) is 36.7 Å². The molecule has 1 N–H and O–H groups in total. The third-order valence-corrected chi connectivity index (χ3v) is 2.27. The topological polar surface area (TPSA) is 12.0 Å². The summed E-state index contributed by atoms with van der Waals surface area (Å²) in [5, 5.41) is 3.08. The van der Waals surface area contributed by atoms with Crippen molar-refractivity contribution in [1.29, 1.82) is 0 Å². The van der Waals surface area contributed by atoms with Crippen molar-refractivity contribution in [2.45, 2.75) is 13.3 Å². The summed E-state index contributed by atoms with van der Waals surface area (Å²) in [7, 11) is 0. The summed E-state index contributed by atoms with van der Waals surface area (Å²) in [6, 6.07) is 4.89. The maximum Gasteiger partial charge on any atom is 0.164 e. The second kappa shape index (κ2) is 5.01. The highest BCUT2D eigenvalue weighted by Crippen LogP contribution is 2.22. The van der Waals surface area contributed by atoms with Gasteiger partial charge in [-0.2, -0.15) is 0 Å². The van der Waals surface area contributed by atoms with Gasteiger partial charge in [0.05, 0.1) is 10.7 Å². The Morgan fingerprint density at radius 1 is 1.57 bits per heavy atom. The van der Waals surface area contributed by atoms with Gasteiger partial charge in [-0.25, -0.2) is 4.39 Å². The predicted octanol–water partition coefficient (Wildman–Crippen LogP) is 3.86. The second-order valence-electron chi connectivity index (χ2n) is 3.06. The molecule has 1 rings (SSSR count). The number of benzene rings is 1. The summed E-state index contributed by atoms with van der Waals surface area (Å²) in [4.78, 5) is 0.